The molecule has 3 rings (SSSR count). The second-order valence-electron chi connectivity index (χ2n) is 5.97. The van der Waals surface area contributed by atoms with Crippen molar-refractivity contribution in [1.82, 2.24) is 10.6 Å². The van der Waals surface area contributed by atoms with Gasteiger partial charge >= 0.3 is 0 Å². The quantitative estimate of drug-likeness (QED) is 0.874. The maximum absolute atomic E-state index is 12.2. The molecule has 1 saturated carbocycles. The summed E-state index contributed by atoms with van der Waals surface area (Å²) in [6.07, 6.45) is 3.88. The Morgan fingerprint density at radius 2 is 2.16 bits per heavy atom. The molecule has 1 heterocycles. The molecule has 3 heteroatoms. The Labute approximate surface area is 114 Å². The van der Waals surface area contributed by atoms with Crippen LogP contribution in [0, 0.1) is 11.8 Å². The number of hydrogen-bond acceptors (Lipinski definition) is 2. The third kappa shape index (κ3) is 2.66. The molecule has 1 aliphatic carbocycles. The maximum Gasteiger partial charge on any atom is 0.251 e. The van der Waals surface area contributed by atoms with Crippen molar-refractivity contribution in [2.75, 3.05) is 6.54 Å². The fourth-order valence-corrected chi connectivity index (χ4v) is 3.29. The largest absolute Gasteiger partial charge is 0.352 e. The Bertz CT molecular complexity index is 484. The van der Waals surface area contributed by atoms with Crippen LogP contribution < -0.4 is 10.6 Å². The number of benzene rings is 1. The standard InChI is InChI=1S/C16H22N2O/c1-11-3-2-4-13(11)10-18-16(19)12-5-6-14-8-17-9-15(14)7-12/h5-7,11,13,17H,2-4,8-10H2,1H3,(H,18,19). The summed E-state index contributed by atoms with van der Waals surface area (Å²) in [7, 11) is 0. The second-order valence-corrected chi connectivity index (χ2v) is 5.97. The molecule has 0 radical (unpaired) electrons. The summed E-state index contributed by atoms with van der Waals surface area (Å²) in [4.78, 5) is 12.2. The van der Waals surface area contributed by atoms with Crippen LogP contribution in [0.3, 0.4) is 0 Å². The average molecular weight is 258 g/mol. The van der Waals surface area contributed by atoms with Gasteiger partial charge in [-0.25, -0.2) is 0 Å². The molecular formula is C16H22N2O. The van der Waals surface area contributed by atoms with Crippen LogP contribution in [0.2, 0.25) is 0 Å². The lowest BCUT2D eigenvalue weighted by Crippen LogP contribution is -2.30. The average Bonchev–Trinajstić information content (AvgIpc) is 3.03. The van der Waals surface area contributed by atoms with Crippen LogP contribution in [-0.2, 0) is 13.1 Å². The Morgan fingerprint density at radius 3 is 2.95 bits per heavy atom. The van der Waals surface area contributed by atoms with Gasteiger partial charge in [0.25, 0.3) is 5.91 Å². The van der Waals surface area contributed by atoms with E-state index in [-0.39, 0.29) is 5.91 Å². The second kappa shape index (κ2) is 5.33. The molecule has 1 fully saturated rings. The molecule has 1 aromatic carbocycles. The van der Waals surface area contributed by atoms with Crippen molar-refractivity contribution < 1.29 is 4.79 Å². The van der Waals surface area contributed by atoms with E-state index in [9.17, 15) is 4.79 Å². The van der Waals surface area contributed by atoms with Gasteiger partial charge in [0, 0.05) is 25.2 Å². The lowest BCUT2D eigenvalue weighted by atomic mass is 9.98. The van der Waals surface area contributed by atoms with E-state index in [1.54, 1.807) is 0 Å². The van der Waals surface area contributed by atoms with Gasteiger partial charge in [-0.15, -0.1) is 0 Å². The first-order chi connectivity index (χ1) is 9.24. The number of hydrogen-bond donors (Lipinski definition) is 2. The number of carbonyl (C=O) groups is 1. The van der Waals surface area contributed by atoms with Crippen LogP contribution in [0.5, 0.6) is 0 Å². The van der Waals surface area contributed by atoms with Gasteiger partial charge < -0.3 is 10.6 Å². The number of fused-ring (bicyclic) bond motifs is 1. The van der Waals surface area contributed by atoms with Gasteiger partial charge in [0.1, 0.15) is 0 Å². The highest BCUT2D eigenvalue weighted by Crippen LogP contribution is 2.30. The van der Waals surface area contributed by atoms with Gasteiger partial charge in [-0.3, -0.25) is 4.79 Å². The topological polar surface area (TPSA) is 41.1 Å². The van der Waals surface area contributed by atoms with Gasteiger partial charge in [0.15, 0.2) is 0 Å². The fourth-order valence-electron chi connectivity index (χ4n) is 3.29. The van der Waals surface area contributed by atoms with E-state index >= 15 is 0 Å². The first kappa shape index (κ1) is 12.7. The molecule has 2 aliphatic rings. The highest BCUT2D eigenvalue weighted by Gasteiger charge is 2.23. The van der Waals surface area contributed by atoms with E-state index in [1.807, 2.05) is 12.1 Å². The van der Waals surface area contributed by atoms with Crippen molar-refractivity contribution in [2.24, 2.45) is 11.8 Å². The van der Waals surface area contributed by atoms with Crippen LogP contribution in [0.4, 0.5) is 0 Å². The first-order valence-corrected chi connectivity index (χ1v) is 7.35. The van der Waals surface area contributed by atoms with Crippen LogP contribution in [-0.4, -0.2) is 12.5 Å². The highest BCUT2D eigenvalue weighted by molar-refractivity contribution is 5.94. The first-order valence-electron chi connectivity index (χ1n) is 7.35. The minimum absolute atomic E-state index is 0.0776. The summed E-state index contributed by atoms with van der Waals surface area (Å²) in [5.74, 6) is 1.50. The minimum Gasteiger partial charge on any atom is -0.352 e. The van der Waals surface area contributed by atoms with Crippen molar-refractivity contribution in [3.8, 4) is 0 Å². The molecule has 0 spiro atoms. The van der Waals surface area contributed by atoms with Gasteiger partial charge in [-0.1, -0.05) is 25.8 Å². The van der Waals surface area contributed by atoms with Crippen molar-refractivity contribution in [3.05, 3.63) is 34.9 Å². The summed E-state index contributed by atoms with van der Waals surface area (Å²) >= 11 is 0. The van der Waals surface area contributed by atoms with E-state index in [2.05, 4.69) is 23.6 Å². The zero-order valence-electron chi connectivity index (χ0n) is 11.5. The van der Waals surface area contributed by atoms with Crippen LogP contribution in [0.15, 0.2) is 18.2 Å². The molecule has 0 saturated heterocycles. The van der Waals surface area contributed by atoms with Gasteiger partial charge in [0.2, 0.25) is 0 Å². The summed E-state index contributed by atoms with van der Waals surface area (Å²) < 4.78 is 0. The van der Waals surface area contributed by atoms with Crippen LogP contribution >= 0.6 is 0 Å². The molecule has 3 nitrogen and oxygen atoms in total. The fraction of sp³-hybridized carbons (Fsp3) is 0.562. The van der Waals surface area contributed by atoms with Crippen LogP contribution in [0.25, 0.3) is 0 Å². The van der Waals surface area contributed by atoms with E-state index < -0.39 is 0 Å². The predicted molar refractivity (Wildman–Crippen MR) is 75.8 cm³/mol. The third-order valence-corrected chi connectivity index (χ3v) is 4.66. The molecule has 1 amide bonds. The summed E-state index contributed by atoms with van der Waals surface area (Å²) in [6.45, 7) is 4.94. The van der Waals surface area contributed by atoms with E-state index in [0.29, 0.717) is 5.92 Å². The zero-order chi connectivity index (χ0) is 13.2. The maximum atomic E-state index is 12.2. The van der Waals surface area contributed by atoms with E-state index in [0.717, 1.165) is 31.1 Å². The van der Waals surface area contributed by atoms with E-state index in [1.165, 1.54) is 30.4 Å². The minimum atomic E-state index is 0.0776. The molecule has 2 unspecified atom stereocenters. The Hall–Kier alpha value is -1.35. The van der Waals surface area contributed by atoms with Crippen molar-refractivity contribution in [1.29, 1.82) is 0 Å². The molecule has 1 aliphatic heterocycles. The summed E-state index contributed by atoms with van der Waals surface area (Å²) in [5, 5.41) is 6.41. The van der Waals surface area contributed by atoms with Crippen molar-refractivity contribution in [3.63, 3.8) is 0 Å². The lowest BCUT2D eigenvalue weighted by molar-refractivity contribution is 0.0944. The Kier molecular flexibility index (Phi) is 3.56. The zero-order valence-corrected chi connectivity index (χ0v) is 11.5. The molecule has 1 aromatic rings. The smallest absolute Gasteiger partial charge is 0.251 e. The van der Waals surface area contributed by atoms with Gasteiger partial charge in [-0.05, 0) is 41.5 Å². The molecule has 2 atom stereocenters. The van der Waals surface area contributed by atoms with Gasteiger partial charge in [-0.2, -0.15) is 0 Å². The number of rotatable bonds is 3. The van der Waals surface area contributed by atoms with Gasteiger partial charge in [0.05, 0.1) is 0 Å². The van der Waals surface area contributed by atoms with Crippen molar-refractivity contribution in [2.45, 2.75) is 39.3 Å². The highest BCUT2D eigenvalue weighted by atomic mass is 16.1. The number of amides is 1. The molecule has 19 heavy (non-hydrogen) atoms. The summed E-state index contributed by atoms with van der Waals surface area (Å²) in [6, 6.07) is 6.05. The third-order valence-electron chi connectivity index (χ3n) is 4.66. The molecular weight excluding hydrogens is 236 g/mol. The predicted octanol–water partition coefficient (Wildman–Crippen LogP) is 2.46. The molecule has 0 aromatic heterocycles. The van der Waals surface area contributed by atoms with Crippen LogP contribution in [0.1, 0.15) is 47.7 Å². The van der Waals surface area contributed by atoms with Crippen molar-refractivity contribution >= 4 is 5.91 Å². The number of nitrogens with one attached hydrogen (secondary N) is 2. The lowest BCUT2D eigenvalue weighted by Gasteiger charge is -2.16. The number of carbonyl (C=O) groups excluding carboxylic acids is 1. The normalized spacial score (nSPS) is 25.3. The molecule has 2 N–H and O–H groups in total. The van der Waals surface area contributed by atoms with E-state index in [4.69, 9.17) is 0 Å². The molecule has 0 bridgehead atoms. The SMILES string of the molecule is CC1CCCC1CNC(=O)c1ccc2c(c1)CNC2. The molecule has 102 valence electrons. The summed E-state index contributed by atoms with van der Waals surface area (Å²) in [5.41, 5.74) is 3.39. The monoisotopic (exact) mass is 258 g/mol. The Morgan fingerprint density at radius 1 is 1.32 bits per heavy atom. The Balaban J connectivity index is 1.61.